The molecular weight excluding hydrogens is 136 g/mol. The molecule has 60 valence electrons. The summed E-state index contributed by atoms with van der Waals surface area (Å²) >= 11 is 0. The van der Waals surface area contributed by atoms with E-state index >= 15 is 0 Å². The van der Waals surface area contributed by atoms with Gasteiger partial charge in [-0.25, -0.2) is 8.78 Å². The van der Waals surface area contributed by atoms with Crippen molar-refractivity contribution in [1.82, 2.24) is 5.32 Å². The molecule has 0 aliphatic carbocycles. The topological polar surface area (TPSA) is 12.0 Å². The van der Waals surface area contributed by atoms with Crippen molar-refractivity contribution < 1.29 is 8.78 Å². The molecule has 0 amide bonds. The fourth-order valence-electron chi connectivity index (χ4n) is 0.694. The molecule has 0 heterocycles. The van der Waals surface area contributed by atoms with Gasteiger partial charge in [0, 0.05) is 0 Å². The van der Waals surface area contributed by atoms with Crippen molar-refractivity contribution in [2.24, 2.45) is 0 Å². The molecule has 1 nitrogen and oxygen atoms in total. The minimum absolute atomic E-state index is 0.456. The third-order valence-electron chi connectivity index (χ3n) is 1.36. The molecule has 3 heteroatoms. The summed E-state index contributed by atoms with van der Waals surface area (Å²) in [7, 11) is 1.54. The van der Waals surface area contributed by atoms with Gasteiger partial charge < -0.3 is 5.32 Å². The maximum absolute atomic E-state index is 11.9. The Kier molecular flexibility index (Phi) is 5.12. The Morgan fingerprint density at radius 3 is 2.50 bits per heavy atom. The molecular formula is C7H13F2N. The molecule has 0 aromatic heterocycles. The lowest BCUT2D eigenvalue weighted by molar-refractivity contribution is 0.0984. The Hall–Kier alpha value is -0.440. The Morgan fingerprint density at radius 2 is 2.20 bits per heavy atom. The summed E-state index contributed by atoms with van der Waals surface area (Å²) in [4.78, 5) is 0. The SMILES string of the molecule is C=CCCC(NC)C(F)F. The van der Waals surface area contributed by atoms with Crippen LogP contribution in [0, 0.1) is 0 Å². The second kappa shape index (κ2) is 5.35. The van der Waals surface area contributed by atoms with Gasteiger partial charge in [0.15, 0.2) is 0 Å². The van der Waals surface area contributed by atoms with Gasteiger partial charge in [-0.05, 0) is 19.9 Å². The first-order chi connectivity index (χ1) is 4.72. The monoisotopic (exact) mass is 149 g/mol. The third kappa shape index (κ3) is 3.56. The van der Waals surface area contributed by atoms with Gasteiger partial charge in [-0.3, -0.25) is 0 Å². The van der Waals surface area contributed by atoms with E-state index < -0.39 is 12.5 Å². The van der Waals surface area contributed by atoms with Crippen molar-refractivity contribution in [3.63, 3.8) is 0 Å². The lowest BCUT2D eigenvalue weighted by Crippen LogP contribution is -2.32. The first-order valence-electron chi connectivity index (χ1n) is 3.28. The summed E-state index contributed by atoms with van der Waals surface area (Å²) in [5.41, 5.74) is 0. The average molecular weight is 149 g/mol. The molecule has 1 atom stereocenters. The molecule has 0 rings (SSSR count). The van der Waals surface area contributed by atoms with Crippen LogP contribution >= 0.6 is 0 Å². The molecule has 0 aliphatic heterocycles. The average Bonchev–Trinajstić information content (AvgIpc) is 1.89. The Bertz CT molecular complexity index is 93.6. The molecule has 0 aromatic rings. The zero-order valence-electron chi connectivity index (χ0n) is 6.11. The molecule has 1 unspecified atom stereocenters. The van der Waals surface area contributed by atoms with Gasteiger partial charge in [0.1, 0.15) is 0 Å². The smallest absolute Gasteiger partial charge is 0.253 e. The molecule has 0 bridgehead atoms. The van der Waals surface area contributed by atoms with E-state index in [1.54, 1.807) is 13.1 Å². The van der Waals surface area contributed by atoms with E-state index in [2.05, 4.69) is 11.9 Å². The predicted octanol–water partition coefficient (Wildman–Crippen LogP) is 1.81. The van der Waals surface area contributed by atoms with Gasteiger partial charge in [-0.2, -0.15) is 0 Å². The number of hydrogen-bond donors (Lipinski definition) is 1. The normalized spacial score (nSPS) is 13.6. The van der Waals surface area contributed by atoms with E-state index in [-0.39, 0.29) is 0 Å². The van der Waals surface area contributed by atoms with E-state index in [1.807, 2.05) is 0 Å². The van der Waals surface area contributed by atoms with Crippen LogP contribution in [-0.4, -0.2) is 19.5 Å². The largest absolute Gasteiger partial charge is 0.312 e. The maximum Gasteiger partial charge on any atom is 0.253 e. The van der Waals surface area contributed by atoms with Crippen LogP contribution in [-0.2, 0) is 0 Å². The zero-order valence-corrected chi connectivity index (χ0v) is 6.11. The van der Waals surface area contributed by atoms with E-state index in [1.165, 1.54) is 0 Å². The number of hydrogen-bond acceptors (Lipinski definition) is 1. The Morgan fingerprint density at radius 1 is 1.60 bits per heavy atom. The highest BCUT2D eigenvalue weighted by molar-refractivity contribution is 4.74. The van der Waals surface area contributed by atoms with E-state index in [9.17, 15) is 8.78 Å². The van der Waals surface area contributed by atoms with Crippen molar-refractivity contribution in [1.29, 1.82) is 0 Å². The number of halogens is 2. The molecule has 1 N–H and O–H groups in total. The second-order valence-electron chi connectivity index (χ2n) is 2.10. The molecule has 0 saturated heterocycles. The molecule has 0 radical (unpaired) electrons. The lowest BCUT2D eigenvalue weighted by atomic mass is 10.1. The lowest BCUT2D eigenvalue weighted by Gasteiger charge is -2.12. The minimum atomic E-state index is -2.27. The van der Waals surface area contributed by atoms with E-state index in [4.69, 9.17) is 0 Å². The van der Waals surface area contributed by atoms with Crippen LogP contribution in [0.3, 0.4) is 0 Å². The van der Waals surface area contributed by atoms with Crippen molar-refractivity contribution >= 4 is 0 Å². The van der Waals surface area contributed by atoms with Gasteiger partial charge >= 0.3 is 0 Å². The van der Waals surface area contributed by atoms with Crippen LogP contribution in [0.2, 0.25) is 0 Å². The van der Waals surface area contributed by atoms with Crippen LogP contribution in [0.5, 0.6) is 0 Å². The van der Waals surface area contributed by atoms with Crippen molar-refractivity contribution in [3.8, 4) is 0 Å². The maximum atomic E-state index is 11.9. The fourth-order valence-corrected chi connectivity index (χ4v) is 0.694. The number of allylic oxidation sites excluding steroid dienone is 1. The van der Waals surface area contributed by atoms with Gasteiger partial charge in [-0.15, -0.1) is 6.58 Å². The summed E-state index contributed by atoms with van der Waals surface area (Å²) < 4.78 is 23.9. The molecule has 0 fully saturated rings. The van der Waals surface area contributed by atoms with Gasteiger partial charge in [-0.1, -0.05) is 6.08 Å². The molecule has 0 aromatic carbocycles. The zero-order chi connectivity index (χ0) is 7.98. The summed E-state index contributed by atoms with van der Waals surface area (Å²) in [6.07, 6.45) is 0.463. The first-order valence-corrected chi connectivity index (χ1v) is 3.28. The van der Waals surface area contributed by atoms with Crippen molar-refractivity contribution in [2.45, 2.75) is 25.3 Å². The van der Waals surface area contributed by atoms with Crippen molar-refractivity contribution in [2.75, 3.05) is 7.05 Å². The van der Waals surface area contributed by atoms with E-state index in [0.717, 1.165) is 0 Å². The first kappa shape index (κ1) is 9.56. The fraction of sp³-hybridized carbons (Fsp3) is 0.714. The van der Waals surface area contributed by atoms with Crippen LogP contribution in [0.25, 0.3) is 0 Å². The number of rotatable bonds is 5. The van der Waals surface area contributed by atoms with Gasteiger partial charge in [0.2, 0.25) is 0 Å². The Balaban J connectivity index is 3.49. The van der Waals surface area contributed by atoms with Crippen LogP contribution in [0.15, 0.2) is 12.7 Å². The highest BCUT2D eigenvalue weighted by Gasteiger charge is 2.15. The summed E-state index contributed by atoms with van der Waals surface area (Å²) in [5, 5.41) is 2.54. The highest BCUT2D eigenvalue weighted by Crippen LogP contribution is 2.06. The molecule has 0 aliphatic rings. The second-order valence-corrected chi connectivity index (χ2v) is 2.10. The summed E-state index contributed by atoms with van der Waals surface area (Å²) in [6.45, 7) is 3.45. The number of alkyl halides is 2. The van der Waals surface area contributed by atoms with Crippen LogP contribution < -0.4 is 5.32 Å². The quantitative estimate of drug-likeness (QED) is 0.588. The predicted molar refractivity (Wildman–Crippen MR) is 38.3 cm³/mol. The third-order valence-corrected chi connectivity index (χ3v) is 1.36. The van der Waals surface area contributed by atoms with Crippen molar-refractivity contribution in [3.05, 3.63) is 12.7 Å². The standard InChI is InChI=1S/C7H13F2N/c1-3-4-5-6(10-2)7(8)9/h3,6-7,10H,1,4-5H2,2H3. The highest BCUT2D eigenvalue weighted by atomic mass is 19.3. The van der Waals surface area contributed by atoms with Gasteiger partial charge in [0.25, 0.3) is 6.43 Å². The summed E-state index contributed by atoms with van der Waals surface area (Å²) in [6, 6.07) is -0.682. The van der Waals surface area contributed by atoms with E-state index in [0.29, 0.717) is 12.8 Å². The minimum Gasteiger partial charge on any atom is -0.312 e. The van der Waals surface area contributed by atoms with Crippen LogP contribution in [0.4, 0.5) is 8.78 Å². The molecule has 10 heavy (non-hydrogen) atoms. The molecule has 0 saturated carbocycles. The van der Waals surface area contributed by atoms with Crippen LogP contribution in [0.1, 0.15) is 12.8 Å². The Labute approximate surface area is 60.1 Å². The number of nitrogens with one attached hydrogen (secondary N) is 1. The molecule has 0 spiro atoms. The van der Waals surface area contributed by atoms with Gasteiger partial charge in [0.05, 0.1) is 6.04 Å². The summed E-state index contributed by atoms with van der Waals surface area (Å²) in [5.74, 6) is 0.